The van der Waals surface area contributed by atoms with Gasteiger partial charge in [-0.1, -0.05) is 111 Å². The summed E-state index contributed by atoms with van der Waals surface area (Å²) in [5.74, 6) is -1.61. The Morgan fingerprint density at radius 1 is 0.810 bits per heavy atom. The van der Waals surface area contributed by atoms with Crippen molar-refractivity contribution in [1.29, 1.82) is 0 Å². The first kappa shape index (κ1) is 44.5. The Bertz CT molecular complexity index is 2390. The number of hydrogen-bond donors (Lipinski definition) is 1. The van der Waals surface area contributed by atoms with Crippen LogP contribution in [0.1, 0.15) is 96.8 Å². The second-order valence-corrected chi connectivity index (χ2v) is 15.0. The molecule has 1 atom stereocenters. The molecule has 4 nitrogen and oxygen atoms in total. The van der Waals surface area contributed by atoms with Crippen molar-refractivity contribution in [1.82, 2.24) is 9.97 Å². The van der Waals surface area contributed by atoms with Crippen molar-refractivity contribution in [3.8, 4) is 22.5 Å². The molecule has 0 bridgehead atoms. The SMILES string of the molecule is CCC(CC)C(=O)/C=C(\O)C(CC)CC(F)(F)F.Cc1[c-]c(-c2ccc3ccccc3n2)cc(C)c1.[2H]c1nc(-c2[c-]c(C)cc(C)c2)c2ccc(C(C)C)cc2c1[2H].[Ir]. The first-order chi connectivity index (χ1) is 27.8. The standard InChI is InChI=1S/C20H20N.C17H14N.C13H21F3O2.Ir/c1-13(2)16-5-6-19-17(12-16)7-8-21-20(19)18-10-14(3)9-15(4)11-18;1-12-9-13(2)11-15(10-12)17-8-7-14-5-3-4-6-16(14)18-17;1-4-9(5-2)11(17)7-12(18)10(6-3)8-13(14,15)16;/h5-10,12-13H,1-4H3;3-10H,1-2H3;7,9-10,18H,4-6,8H2,1-3H3;/q2*-1;;/b;;12-7-;/i7D,8D;;;. The van der Waals surface area contributed by atoms with Gasteiger partial charge in [0.1, 0.15) is 0 Å². The predicted molar refractivity (Wildman–Crippen MR) is 229 cm³/mol. The predicted octanol–water partition coefficient (Wildman–Crippen LogP) is 14.2. The first-order valence-electron chi connectivity index (χ1n) is 20.6. The van der Waals surface area contributed by atoms with Crippen molar-refractivity contribution in [2.45, 2.75) is 100 Å². The fourth-order valence-electron chi connectivity index (χ4n) is 6.72. The molecule has 1 radical (unpaired) electrons. The number of carbonyl (C=O) groups is 1. The Hall–Kier alpha value is -4.65. The number of aliphatic hydroxyl groups is 1. The quantitative estimate of drug-likeness (QED) is 0.0844. The van der Waals surface area contributed by atoms with Crippen molar-refractivity contribution in [2.75, 3.05) is 0 Å². The van der Waals surface area contributed by atoms with Crippen LogP contribution < -0.4 is 0 Å². The van der Waals surface area contributed by atoms with E-state index in [-0.39, 0.29) is 50.4 Å². The minimum Gasteiger partial charge on any atom is -0.512 e. The molecule has 0 saturated heterocycles. The van der Waals surface area contributed by atoms with E-state index in [9.17, 15) is 23.1 Å². The summed E-state index contributed by atoms with van der Waals surface area (Å²) >= 11 is 0. The number of pyridine rings is 2. The Kier molecular flexibility index (Phi) is 16.8. The van der Waals surface area contributed by atoms with Crippen molar-refractivity contribution in [2.24, 2.45) is 11.8 Å². The molecule has 0 amide bonds. The maximum Gasteiger partial charge on any atom is 0.389 e. The van der Waals surface area contributed by atoms with Gasteiger partial charge in [-0.15, -0.1) is 69.8 Å². The molecule has 0 saturated carbocycles. The number of aromatic nitrogens is 2. The monoisotopic (exact) mass is 967 g/mol. The number of aliphatic hydroxyl groups excluding tert-OH is 1. The van der Waals surface area contributed by atoms with E-state index in [4.69, 9.17) is 7.73 Å². The van der Waals surface area contributed by atoms with E-state index < -0.39 is 24.3 Å². The zero-order chi connectivity index (χ0) is 43.6. The van der Waals surface area contributed by atoms with Crippen LogP contribution in [0.15, 0.2) is 103 Å². The number of nitrogens with zero attached hydrogens (tertiary/aromatic N) is 2. The summed E-state index contributed by atoms with van der Waals surface area (Å²) in [4.78, 5) is 20.8. The van der Waals surface area contributed by atoms with E-state index in [1.165, 1.54) is 16.5 Å². The van der Waals surface area contributed by atoms with Crippen molar-refractivity contribution in [3.05, 3.63) is 143 Å². The van der Waals surface area contributed by atoms with Crippen LogP contribution in [0.2, 0.25) is 0 Å². The Morgan fingerprint density at radius 3 is 2.00 bits per heavy atom. The molecule has 309 valence electrons. The summed E-state index contributed by atoms with van der Waals surface area (Å²) in [5, 5.41) is 12.5. The minimum atomic E-state index is -4.33. The summed E-state index contributed by atoms with van der Waals surface area (Å²) in [5.41, 5.74) is 10.5. The summed E-state index contributed by atoms with van der Waals surface area (Å²) in [6.07, 6.45) is -3.05. The molecule has 4 aromatic carbocycles. The smallest absolute Gasteiger partial charge is 0.389 e. The molecule has 6 rings (SSSR count). The molecule has 8 heteroatoms. The molecule has 0 spiro atoms. The topological polar surface area (TPSA) is 63.1 Å². The van der Waals surface area contributed by atoms with Gasteiger partial charge in [-0.05, 0) is 70.4 Å². The van der Waals surface area contributed by atoms with Gasteiger partial charge in [0, 0.05) is 44.2 Å². The Balaban J connectivity index is 0.000000241. The van der Waals surface area contributed by atoms with Crippen molar-refractivity contribution < 1.29 is 45.9 Å². The van der Waals surface area contributed by atoms with Gasteiger partial charge >= 0.3 is 6.18 Å². The van der Waals surface area contributed by atoms with Crippen LogP contribution in [0.25, 0.3) is 44.2 Å². The van der Waals surface area contributed by atoms with E-state index in [0.29, 0.717) is 18.8 Å². The average molecular weight is 967 g/mol. The summed E-state index contributed by atoms with van der Waals surface area (Å²) in [6.45, 7) is 17.7. The van der Waals surface area contributed by atoms with E-state index in [1.807, 2.05) is 64.1 Å². The van der Waals surface area contributed by atoms with Crippen LogP contribution in [-0.2, 0) is 24.9 Å². The Morgan fingerprint density at radius 2 is 1.41 bits per heavy atom. The third kappa shape index (κ3) is 13.7. The van der Waals surface area contributed by atoms with Gasteiger partial charge in [-0.3, -0.25) is 9.78 Å². The molecular weight excluding hydrogens is 910 g/mol. The number of rotatable bonds is 10. The van der Waals surface area contributed by atoms with Gasteiger partial charge in [-0.25, -0.2) is 0 Å². The van der Waals surface area contributed by atoms with Crippen molar-refractivity contribution >= 4 is 27.5 Å². The van der Waals surface area contributed by atoms with Crippen LogP contribution in [0.4, 0.5) is 13.2 Å². The van der Waals surface area contributed by atoms with Gasteiger partial charge in [0.25, 0.3) is 0 Å². The van der Waals surface area contributed by atoms with Gasteiger partial charge in [-0.2, -0.15) is 13.2 Å². The molecule has 2 aromatic heterocycles. The number of ketones is 1. The van der Waals surface area contributed by atoms with Crippen LogP contribution in [0.3, 0.4) is 0 Å². The van der Waals surface area contributed by atoms with Gasteiger partial charge in [0.15, 0.2) is 5.78 Å². The summed E-state index contributed by atoms with van der Waals surface area (Å²) < 4.78 is 53.0. The van der Waals surface area contributed by atoms with Crippen LogP contribution >= 0.6 is 0 Å². The van der Waals surface area contributed by atoms with Crippen LogP contribution in [-0.4, -0.2) is 27.0 Å². The molecule has 0 fully saturated rings. The molecular formula is C50H55F3IrN2O2-2. The van der Waals surface area contributed by atoms with E-state index in [2.05, 4.69) is 87.3 Å². The number of halogens is 3. The van der Waals surface area contributed by atoms with Crippen LogP contribution in [0.5, 0.6) is 0 Å². The van der Waals surface area contributed by atoms with E-state index in [1.54, 1.807) is 6.92 Å². The minimum absolute atomic E-state index is 0. The molecule has 0 aliphatic heterocycles. The molecule has 58 heavy (non-hydrogen) atoms. The van der Waals surface area contributed by atoms with Crippen LogP contribution in [0, 0.1) is 51.7 Å². The zero-order valence-electron chi connectivity index (χ0n) is 36.9. The van der Waals surface area contributed by atoms with Gasteiger partial charge in [0.2, 0.25) is 0 Å². The van der Waals surface area contributed by atoms with E-state index in [0.717, 1.165) is 61.6 Å². The molecule has 1 unspecified atom stereocenters. The third-order valence-electron chi connectivity index (χ3n) is 9.82. The average Bonchev–Trinajstić information content (AvgIpc) is 3.17. The normalized spacial score (nSPS) is 12.6. The maximum absolute atomic E-state index is 12.3. The van der Waals surface area contributed by atoms with E-state index >= 15 is 0 Å². The molecule has 0 aliphatic carbocycles. The zero-order valence-corrected chi connectivity index (χ0v) is 37.3. The number of alkyl halides is 3. The fourth-order valence-corrected chi connectivity index (χ4v) is 6.72. The molecule has 2 heterocycles. The summed E-state index contributed by atoms with van der Waals surface area (Å²) in [6, 6.07) is 33.7. The Labute approximate surface area is 359 Å². The number of benzene rings is 4. The number of allylic oxidation sites excluding steroid dienone is 2. The maximum atomic E-state index is 12.3. The van der Waals surface area contributed by atoms with Gasteiger partial charge in [0.05, 0.1) is 20.4 Å². The summed E-state index contributed by atoms with van der Waals surface area (Å²) in [7, 11) is 0. The van der Waals surface area contributed by atoms with Crippen molar-refractivity contribution in [3.63, 3.8) is 0 Å². The molecule has 1 N–H and O–H groups in total. The second kappa shape index (κ2) is 21.9. The largest absolute Gasteiger partial charge is 0.512 e. The molecule has 0 aliphatic rings. The number of carbonyl (C=O) groups excluding carboxylic acids is 1. The van der Waals surface area contributed by atoms with Gasteiger partial charge < -0.3 is 10.1 Å². The first-order valence-corrected chi connectivity index (χ1v) is 19.6. The number of aryl methyl sites for hydroxylation is 4. The second-order valence-electron chi connectivity index (χ2n) is 15.0. The fraction of sp³-hybridized carbons (Fsp3) is 0.340. The number of hydrogen-bond acceptors (Lipinski definition) is 4. The number of fused-ring (bicyclic) bond motifs is 2. The molecule has 6 aromatic rings. The third-order valence-corrected chi connectivity index (χ3v) is 9.82. The number of para-hydroxylation sites is 1.